The van der Waals surface area contributed by atoms with Crippen LogP contribution in [0.5, 0.6) is 0 Å². The molecule has 0 aromatic rings. The third-order valence-electron chi connectivity index (χ3n) is 3.80. The topological polar surface area (TPSA) is 78.5 Å². The molecule has 3 rings (SSSR count). The first kappa shape index (κ1) is 9.40. The van der Waals surface area contributed by atoms with Gasteiger partial charge in [-0.2, -0.15) is 0 Å². The van der Waals surface area contributed by atoms with E-state index in [-0.39, 0.29) is 12.2 Å². The Morgan fingerprint density at radius 1 is 1.08 bits per heavy atom. The van der Waals surface area contributed by atoms with Gasteiger partial charge in [0, 0.05) is 19.1 Å². The predicted octanol–water partition coefficient (Wildman–Crippen LogP) is -0.118. The van der Waals surface area contributed by atoms with Crippen molar-refractivity contribution in [3.8, 4) is 0 Å². The fourth-order valence-electron chi connectivity index (χ4n) is 2.50. The van der Waals surface area contributed by atoms with Gasteiger partial charge in [0.25, 0.3) is 0 Å². The van der Waals surface area contributed by atoms with Crippen LogP contribution in [-0.2, 0) is 0 Å². The van der Waals surface area contributed by atoms with Crippen LogP contribution in [0.4, 0.5) is 0 Å². The Morgan fingerprint density at radius 2 is 1.69 bits per heavy atom. The SMILES string of the molecule is N.OC1(C2(O)CCC2N2CC2)CC1. The average Bonchev–Trinajstić information content (AvgIpc) is 2.84. The zero-order valence-electron chi connectivity index (χ0n) is 7.87. The van der Waals surface area contributed by atoms with Crippen molar-refractivity contribution >= 4 is 0 Å². The lowest BCUT2D eigenvalue weighted by Gasteiger charge is -2.49. The Balaban J connectivity index is 0.000000653. The summed E-state index contributed by atoms with van der Waals surface area (Å²) in [6.07, 6.45) is 3.46. The van der Waals surface area contributed by atoms with E-state index in [0.29, 0.717) is 0 Å². The molecule has 0 amide bonds. The van der Waals surface area contributed by atoms with Gasteiger partial charge in [-0.15, -0.1) is 0 Å². The average molecular weight is 186 g/mol. The highest BCUT2D eigenvalue weighted by Crippen LogP contribution is 2.55. The number of hydrogen-bond acceptors (Lipinski definition) is 4. The second-order valence-electron chi connectivity index (χ2n) is 4.55. The summed E-state index contributed by atoms with van der Waals surface area (Å²) in [5.41, 5.74) is -1.46. The quantitative estimate of drug-likeness (QED) is 0.525. The molecule has 0 aromatic carbocycles. The van der Waals surface area contributed by atoms with Crippen molar-refractivity contribution < 1.29 is 10.2 Å². The largest absolute Gasteiger partial charge is 0.387 e. The van der Waals surface area contributed by atoms with Gasteiger partial charge in [0.2, 0.25) is 0 Å². The molecule has 1 aliphatic heterocycles. The lowest BCUT2D eigenvalue weighted by Crippen LogP contribution is -2.63. The third kappa shape index (κ3) is 1.06. The first-order valence-corrected chi connectivity index (χ1v) is 4.85. The van der Waals surface area contributed by atoms with E-state index in [0.717, 1.165) is 38.8 Å². The molecule has 13 heavy (non-hydrogen) atoms. The summed E-state index contributed by atoms with van der Waals surface area (Å²) >= 11 is 0. The van der Waals surface area contributed by atoms with Crippen molar-refractivity contribution in [1.29, 1.82) is 0 Å². The minimum Gasteiger partial charge on any atom is -0.387 e. The van der Waals surface area contributed by atoms with Crippen molar-refractivity contribution in [2.45, 2.75) is 42.9 Å². The zero-order chi connectivity index (χ0) is 8.40. The molecule has 0 spiro atoms. The summed E-state index contributed by atoms with van der Waals surface area (Å²) in [6.45, 7) is 2.23. The molecule has 3 fully saturated rings. The fourth-order valence-corrected chi connectivity index (χ4v) is 2.50. The van der Waals surface area contributed by atoms with E-state index in [2.05, 4.69) is 4.90 Å². The van der Waals surface area contributed by atoms with Gasteiger partial charge in [0.1, 0.15) is 5.60 Å². The normalized spacial score (nSPS) is 46.2. The van der Waals surface area contributed by atoms with Crippen LogP contribution in [0.25, 0.3) is 0 Å². The van der Waals surface area contributed by atoms with Crippen LogP contribution >= 0.6 is 0 Å². The van der Waals surface area contributed by atoms with E-state index < -0.39 is 11.2 Å². The van der Waals surface area contributed by atoms with Crippen molar-refractivity contribution in [2.75, 3.05) is 13.1 Å². The monoisotopic (exact) mass is 186 g/mol. The van der Waals surface area contributed by atoms with Crippen LogP contribution in [0.15, 0.2) is 0 Å². The highest BCUT2D eigenvalue weighted by molar-refractivity contribution is 5.21. The fraction of sp³-hybridized carbons (Fsp3) is 1.00. The molecule has 0 radical (unpaired) electrons. The second-order valence-corrected chi connectivity index (χ2v) is 4.55. The molecule has 2 unspecified atom stereocenters. The molecule has 3 aliphatic rings. The third-order valence-corrected chi connectivity index (χ3v) is 3.80. The van der Waals surface area contributed by atoms with Crippen LogP contribution in [0.3, 0.4) is 0 Å². The Hall–Kier alpha value is -0.160. The van der Waals surface area contributed by atoms with Gasteiger partial charge in [-0.1, -0.05) is 0 Å². The van der Waals surface area contributed by atoms with Gasteiger partial charge in [0.15, 0.2) is 0 Å². The number of rotatable bonds is 2. The maximum Gasteiger partial charge on any atom is 0.109 e. The molecule has 2 aliphatic carbocycles. The van der Waals surface area contributed by atoms with Gasteiger partial charge >= 0.3 is 0 Å². The minimum absolute atomic E-state index is 0. The zero-order valence-corrected chi connectivity index (χ0v) is 7.87. The standard InChI is InChI=1S/C9H15NO2.H3N/c11-8(3-4-8)9(12)2-1-7(9)10-5-6-10;/h7,11-12H,1-6H2;1H3. The molecule has 0 aromatic heterocycles. The van der Waals surface area contributed by atoms with E-state index in [1.807, 2.05) is 0 Å². The van der Waals surface area contributed by atoms with Gasteiger partial charge in [-0.05, 0) is 25.7 Å². The second kappa shape index (κ2) is 2.45. The maximum atomic E-state index is 10.2. The Morgan fingerprint density at radius 3 is 2.00 bits per heavy atom. The summed E-state index contributed by atoms with van der Waals surface area (Å²) in [5.74, 6) is 0. The van der Waals surface area contributed by atoms with E-state index in [1.54, 1.807) is 0 Å². The van der Waals surface area contributed by atoms with Crippen LogP contribution < -0.4 is 6.15 Å². The molecule has 1 heterocycles. The van der Waals surface area contributed by atoms with Gasteiger partial charge < -0.3 is 16.4 Å². The molecular formula is C9H18N2O2. The minimum atomic E-state index is -0.747. The van der Waals surface area contributed by atoms with Gasteiger partial charge in [0.05, 0.1) is 5.60 Å². The van der Waals surface area contributed by atoms with E-state index in [1.165, 1.54) is 0 Å². The predicted molar refractivity (Wildman–Crippen MR) is 48.8 cm³/mol. The molecule has 5 N–H and O–H groups in total. The summed E-state index contributed by atoms with van der Waals surface area (Å²) in [7, 11) is 0. The highest BCUT2D eigenvalue weighted by Gasteiger charge is 2.67. The first-order chi connectivity index (χ1) is 5.66. The van der Waals surface area contributed by atoms with Crippen molar-refractivity contribution in [1.82, 2.24) is 11.1 Å². The van der Waals surface area contributed by atoms with Crippen LogP contribution in [0.2, 0.25) is 0 Å². The van der Waals surface area contributed by atoms with Crippen molar-refractivity contribution in [2.24, 2.45) is 0 Å². The number of hydrogen-bond donors (Lipinski definition) is 3. The molecule has 0 bridgehead atoms. The number of nitrogens with zero attached hydrogens (tertiary/aromatic N) is 1. The van der Waals surface area contributed by atoms with E-state index >= 15 is 0 Å². The van der Waals surface area contributed by atoms with Crippen LogP contribution in [0.1, 0.15) is 25.7 Å². The van der Waals surface area contributed by atoms with Crippen molar-refractivity contribution in [3.63, 3.8) is 0 Å². The maximum absolute atomic E-state index is 10.2. The molecule has 4 nitrogen and oxygen atoms in total. The molecule has 76 valence electrons. The molecule has 2 saturated carbocycles. The smallest absolute Gasteiger partial charge is 0.109 e. The lowest BCUT2D eigenvalue weighted by atomic mass is 9.69. The molecule has 4 heteroatoms. The summed E-state index contributed by atoms with van der Waals surface area (Å²) < 4.78 is 0. The van der Waals surface area contributed by atoms with Gasteiger partial charge in [-0.3, -0.25) is 4.90 Å². The Kier molecular flexibility index (Phi) is 1.77. The molecular weight excluding hydrogens is 168 g/mol. The van der Waals surface area contributed by atoms with E-state index in [4.69, 9.17) is 0 Å². The Bertz CT molecular complexity index is 226. The highest BCUT2D eigenvalue weighted by atomic mass is 16.4. The summed E-state index contributed by atoms with van der Waals surface area (Å²) in [5, 5.41) is 20.1. The van der Waals surface area contributed by atoms with E-state index in [9.17, 15) is 10.2 Å². The molecule has 2 atom stereocenters. The lowest BCUT2D eigenvalue weighted by molar-refractivity contribution is -0.176. The van der Waals surface area contributed by atoms with Crippen LogP contribution in [0, 0.1) is 0 Å². The Labute approximate surface area is 78.1 Å². The summed E-state index contributed by atoms with van der Waals surface area (Å²) in [6, 6.07) is 0.269. The number of aliphatic hydroxyl groups is 2. The van der Waals surface area contributed by atoms with Crippen LogP contribution in [-0.4, -0.2) is 45.4 Å². The van der Waals surface area contributed by atoms with Gasteiger partial charge in [-0.25, -0.2) is 0 Å². The first-order valence-electron chi connectivity index (χ1n) is 4.85. The molecule has 1 saturated heterocycles. The van der Waals surface area contributed by atoms with Crippen molar-refractivity contribution in [3.05, 3.63) is 0 Å². The summed E-state index contributed by atoms with van der Waals surface area (Å²) in [4.78, 5) is 2.26.